The highest BCUT2D eigenvalue weighted by atomic mass is 32.2. The Bertz CT molecular complexity index is 1460. The van der Waals surface area contributed by atoms with E-state index in [0.29, 0.717) is 5.89 Å². The lowest BCUT2D eigenvalue weighted by atomic mass is 10.1. The predicted octanol–water partition coefficient (Wildman–Crippen LogP) is 2.99. The van der Waals surface area contributed by atoms with Crippen LogP contribution >= 0.6 is 11.8 Å². The van der Waals surface area contributed by atoms with Gasteiger partial charge in [-0.2, -0.15) is 0 Å². The predicted molar refractivity (Wildman–Crippen MR) is 130 cm³/mol. The number of Topliss-reactive ketones (excluding diaryl/α,β-unsaturated/α-hetero) is 1. The second-order valence-electron chi connectivity index (χ2n) is 7.56. The lowest BCUT2D eigenvalue weighted by Crippen LogP contribution is -2.44. The van der Waals surface area contributed by atoms with E-state index < -0.39 is 17.0 Å². The van der Waals surface area contributed by atoms with Crippen molar-refractivity contribution < 1.29 is 9.21 Å². The molecule has 4 rings (SSSR count). The van der Waals surface area contributed by atoms with Gasteiger partial charge < -0.3 is 10.2 Å². The van der Waals surface area contributed by atoms with Gasteiger partial charge in [-0.15, -0.1) is 10.2 Å². The van der Waals surface area contributed by atoms with Crippen molar-refractivity contribution in [1.29, 1.82) is 0 Å². The summed E-state index contributed by atoms with van der Waals surface area (Å²) in [6.45, 7) is 3.86. The van der Waals surface area contributed by atoms with E-state index >= 15 is 0 Å². The zero-order valence-electron chi connectivity index (χ0n) is 18.7. The molecule has 2 aromatic heterocycles. The number of carbonyl (C=O) groups excluding carboxylic acids is 1. The number of ketones is 1. The summed E-state index contributed by atoms with van der Waals surface area (Å²) in [5, 5.41) is 8.23. The van der Waals surface area contributed by atoms with Gasteiger partial charge >= 0.3 is 5.69 Å². The lowest BCUT2D eigenvalue weighted by Gasteiger charge is -2.15. The molecular formula is C24H23N5O4S. The number of thioether (sulfide) groups is 1. The Morgan fingerprint density at radius 1 is 1.03 bits per heavy atom. The molecule has 0 atom stereocenters. The Morgan fingerprint density at radius 2 is 1.74 bits per heavy atom. The average Bonchev–Trinajstić information content (AvgIpc) is 3.30. The summed E-state index contributed by atoms with van der Waals surface area (Å²) in [6.07, 6.45) is 0. The zero-order valence-corrected chi connectivity index (χ0v) is 19.5. The van der Waals surface area contributed by atoms with Crippen LogP contribution in [0.5, 0.6) is 0 Å². The first kappa shape index (κ1) is 23.2. The van der Waals surface area contributed by atoms with Crippen LogP contribution in [0.15, 0.2) is 73.8 Å². The van der Waals surface area contributed by atoms with E-state index in [4.69, 9.17) is 10.2 Å². The third kappa shape index (κ3) is 4.58. The van der Waals surface area contributed by atoms with Gasteiger partial charge in [0.15, 0.2) is 5.78 Å². The van der Waals surface area contributed by atoms with Gasteiger partial charge in [0.2, 0.25) is 5.89 Å². The van der Waals surface area contributed by atoms with E-state index in [-0.39, 0.29) is 35.4 Å². The summed E-state index contributed by atoms with van der Waals surface area (Å²) in [5.74, 6) is -0.480. The first-order valence-electron chi connectivity index (χ1n) is 10.6. The van der Waals surface area contributed by atoms with Crippen molar-refractivity contribution in [2.45, 2.75) is 32.2 Å². The monoisotopic (exact) mass is 477 g/mol. The first-order valence-corrected chi connectivity index (χ1v) is 11.6. The molecule has 0 spiro atoms. The van der Waals surface area contributed by atoms with Crippen LogP contribution in [0.4, 0.5) is 5.82 Å². The van der Waals surface area contributed by atoms with Crippen molar-refractivity contribution >= 4 is 23.4 Å². The molecule has 174 valence electrons. The normalized spacial score (nSPS) is 11.0. The maximum absolute atomic E-state index is 13.1. The lowest BCUT2D eigenvalue weighted by molar-refractivity contribution is 0.102. The smallest absolute Gasteiger partial charge is 0.332 e. The molecule has 4 aromatic rings. The summed E-state index contributed by atoms with van der Waals surface area (Å²) in [7, 11) is 0. The zero-order chi connectivity index (χ0) is 24.2. The number of aromatic nitrogens is 4. The molecule has 34 heavy (non-hydrogen) atoms. The van der Waals surface area contributed by atoms with Crippen LogP contribution in [0.1, 0.15) is 28.4 Å². The molecule has 10 heteroatoms. The highest BCUT2D eigenvalue weighted by molar-refractivity contribution is 7.99. The number of anilines is 1. The van der Waals surface area contributed by atoms with Crippen molar-refractivity contribution in [1.82, 2.24) is 19.3 Å². The molecule has 2 heterocycles. The molecular weight excluding hydrogens is 454 g/mol. The Balaban J connectivity index is 1.61. The van der Waals surface area contributed by atoms with E-state index in [1.807, 2.05) is 61.5 Å². The van der Waals surface area contributed by atoms with Gasteiger partial charge in [0, 0.05) is 12.1 Å². The highest BCUT2D eigenvalue weighted by Gasteiger charge is 2.23. The standard InChI is InChI=1S/C24H23N5O4S/c1-3-28-22(31)19(20(25)29(24(28)32)13-16-10-5-4-6-11-16)18(30)14-34-23-27-26-21(33-23)17-12-8-7-9-15(17)2/h4-12H,3,13-14,25H2,1-2H3. The Labute approximate surface area is 199 Å². The maximum Gasteiger partial charge on any atom is 0.332 e. The molecule has 0 fully saturated rings. The third-order valence-electron chi connectivity index (χ3n) is 5.36. The van der Waals surface area contributed by atoms with Crippen LogP contribution in [0.2, 0.25) is 0 Å². The van der Waals surface area contributed by atoms with Gasteiger partial charge in [-0.3, -0.25) is 18.7 Å². The van der Waals surface area contributed by atoms with Gasteiger partial charge in [-0.25, -0.2) is 4.79 Å². The number of nitrogens with two attached hydrogens (primary N) is 1. The van der Waals surface area contributed by atoms with E-state index in [0.717, 1.165) is 33.0 Å². The summed E-state index contributed by atoms with van der Waals surface area (Å²) < 4.78 is 7.95. The number of nitrogen functional groups attached to an aromatic ring is 1. The Hall–Kier alpha value is -3.92. The van der Waals surface area contributed by atoms with Crippen LogP contribution in [0, 0.1) is 6.92 Å². The van der Waals surface area contributed by atoms with E-state index in [1.165, 1.54) is 4.57 Å². The molecule has 0 bridgehead atoms. The average molecular weight is 478 g/mol. The van der Waals surface area contributed by atoms with Crippen molar-refractivity contribution in [2.24, 2.45) is 0 Å². The molecule has 0 aliphatic heterocycles. The minimum atomic E-state index is -0.703. The molecule has 0 unspecified atom stereocenters. The number of hydrogen-bond donors (Lipinski definition) is 1. The van der Waals surface area contributed by atoms with Crippen molar-refractivity contribution in [3.63, 3.8) is 0 Å². The topological polar surface area (TPSA) is 126 Å². The number of carbonyl (C=O) groups is 1. The second kappa shape index (κ2) is 9.92. The molecule has 0 saturated heterocycles. The van der Waals surface area contributed by atoms with Crippen molar-refractivity contribution in [2.75, 3.05) is 11.5 Å². The fourth-order valence-corrected chi connectivity index (χ4v) is 4.20. The number of rotatable bonds is 8. The fourth-order valence-electron chi connectivity index (χ4n) is 3.56. The highest BCUT2D eigenvalue weighted by Crippen LogP contribution is 2.26. The SMILES string of the molecule is CCn1c(=O)c(C(=O)CSc2nnc(-c3ccccc3C)o2)c(N)n(Cc2ccccc2)c1=O. The molecule has 0 aliphatic carbocycles. The minimum Gasteiger partial charge on any atom is -0.411 e. The van der Waals surface area contributed by atoms with E-state index in [9.17, 15) is 14.4 Å². The van der Waals surface area contributed by atoms with Gasteiger partial charge in [0.05, 0.1) is 12.3 Å². The second-order valence-corrected chi connectivity index (χ2v) is 8.49. The first-order chi connectivity index (χ1) is 16.4. The quantitative estimate of drug-likeness (QED) is 0.303. The largest absolute Gasteiger partial charge is 0.411 e. The van der Waals surface area contributed by atoms with Crippen molar-refractivity contribution in [3.8, 4) is 11.5 Å². The number of hydrogen-bond acceptors (Lipinski definition) is 8. The maximum atomic E-state index is 13.1. The van der Waals surface area contributed by atoms with Gasteiger partial charge in [-0.05, 0) is 31.0 Å². The molecule has 0 saturated carbocycles. The number of benzene rings is 2. The van der Waals surface area contributed by atoms with Crippen LogP contribution in [-0.2, 0) is 13.1 Å². The minimum absolute atomic E-state index is 0.115. The fraction of sp³-hybridized carbons (Fsp3) is 0.208. The number of aryl methyl sites for hydroxylation is 1. The summed E-state index contributed by atoms with van der Waals surface area (Å²) >= 11 is 1.01. The Kier molecular flexibility index (Phi) is 6.78. The van der Waals surface area contributed by atoms with E-state index in [1.54, 1.807) is 6.92 Å². The summed E-state index contributed by atoms with van der Waals surface area (Å²) in [4.78, 5) is 38.8. The molecule has 0 radical (unpaired) electrons. The summed E-state index contributed by atoms with van der Waals surface area (Å²) in [6, 6.07) is 16.8. The Morgan fingerprint density at radius 3 is 2.44 bits per heavy atom. The van der Waals surface area contributed by atoms with Crippen LogP contribution < -0.4 is 17.0 Å². The number of nitrogens with zero attached hydrogens (tertiary/aromatic N) is 4. The summed E-state index contributed by atoms with van der Waals surface area (Å²) in [5.41, 5.74) is 7.31. The van der Waals surface area contributed by atoms with E-state index in [2.05, 4.69) is 10.2 Å². The molecule has 2 aromatic carbocycles. The van der Waals surface area contributed by atoms with Gasteiger partial charge in [0.1, 0.15) is 11.4 Å². The van der Waals surface area contributed by atoms with Gasteiger partial charge in [0.25, 0.3) is 10.8 Å². The third-order valence-corrected chi connectivity index (χ3v) is 6.17. The van der Waals surface area contributed by atoms with Crippen LogP contribution in [0.3, 0.4) is 0 Å². The molecule has 2 N–H and O–H groups in total. The molecule has 0 aliphatic rings. The van der Waals surface area contributed by atoms with Gasteiger partial charge in [-0.1, -0.05) is 60.3 Å². The van der Waals surface area contributed by atoms with Crippen LogP contribution in [-0.4, -0.2) is 30.9 Å². The molecule has 0 amide bonds. The van der Waals surface area contributed by atoms with Crippen LogP contribution in [0.25, 0.3) is 11.5 Å². The molecule has 9 nitrogen and oxygen atoms in total. The van der Waals surface area contributed by atoms with Crippen molar-refractivity contribution in [3.05, 3.63) is 92.1 Å².